The van der Waals surface area contributed by atoms with Crippen molar-refractivity contribution in [3.8, 4) is 0 Å². The fraction of sp³-hybridized carbons (Fsp3) is 0.200. The quantitative estimate of drug-likeness (QED) is 0.636. The highest BCUT2D eigenvalue weighted by Gasteiger charge is 2.47. The largest absolute Gasteiger partial charge is 0.348 e. The van der Waals surface area contributed by atoms with E-state index in [-0.39, 0.29) is 18.4 Å². The fourth-order valence-electron chi connectivity index (χ4n) is 4.13. The molecule has 3 aromatic rings. The van der Waals surface area contributed by atoms with Crippen molar-refractivity contribution in [2.75, 3.05) is 4.90 Å². The van der Waals surface area contributed by atoms with Crippen LogP contribution in [0.25, 0.3) is 10.8 Å². The zero-order chi connectivity index (χ0) is 14.7. The maximum atomic E-state index is 6.35. The third-order valence-corrected chi connectivity index (χ3v) is 4.97. The summed E-state index contributed by atoms with van der Waals surface area (Å²) < 4.78 is 6.35. The Bertz CT molecular complexity index is 853. The topological polar surface area (TPSA) is 12.5 Å². The number of fused-ring (bicyclic) bond motifs is 3. The van der Waals surface area contributed by atoms with Crippen LogP contribution in [-0.2, 0) is 4.74 Å². The van der Waals surface area contributed by atoms with Gasteiger partial charge in [-0.15, -0.1) is 0 Å². The highest BCUT2D eigenvalue weighted by molar-refractivity contribution is 5.92. The summed E-state index contributed by atoms with van der Waals surface area (Å²) in [4.78, 5) is 2.42. The summed E-state index contributed by atoms with van der Waals surface area (Å²) in [6, 6.07) is 24.0. The molecule has 3 aromatic carbocycles. The molecule has 0 amide bonds. The first-order valence-electron chi connectivity index (χ1n) is 7.85. The van der Waals surface area contributed by atoms with Crippen molar-refractivity contribution in [1.29, 1.82) is 0 Å². The standard InChI is InChI=1S/C20H17NO/c1-13-21(15-9-3-2-4-10-15)19-16-11-5-7-14-8-6-12-17(18(14)16)20(19)22-13/h2-13,19-20H,1H3/t13-,19+,20+/m1/s1. The van der Waals surface area contributed by atoms with E-state index in [1.54, 1.807) is 0 Å². The molecule has 1 heterocycles. The number of rotatable bonds is 1. The second-order valence-electron chi connectivity index (χ2n) is 6.14. The van der Waals surface area contributed by atoms with Gasteiger partial charge in [-0.25, -0.2) is 0 Å². The lowest BCUT2D eigenvalue weighted by Crippen LogP contribution is -2.29. The monoisotopic (exact) mass is 287 g/mol. The van der Waals surface area contributed by atoms with E-state index in [4.69, 9.17) is 4.74 Å². The highest BCUT2D eigenvalue weighted by Crippen LogP contribution is 2.54. The smallest absolute Gasteiger partial charge is 0.128 e. The van der Waals surface area contributed by atoms with Gasteiger partial charge >= 0.3 is 0 Å². The van der Waals surface area contributed by atoms with Crippen molar-refractivity contribution >= 4 is 16.5 Å². The van der Waals surface area contributed by atoms with E-state index in [0.29, 0.717) is 0 Å². The van der Waals surface area contributed by atoms with Gasteiger partial charge in [0.2, 0.25) is 0 Å². The van der Waals surface area contributed by atoms with Gasteiger partial charge in [0.15, 0.2) is 0 Å². The first kappa shape index (κ1) is 12.2. The van der Waals surface area contributed by atoms with Crippen molar-refractivity contribution in [2.45, 2.75) is 25.3 Å². The molecule has 0 N–H and O–H groups in total. The lowest BCUT2D eigenvalue weighted by Gasteiger charge is -2.28. The van der Waals surface area contributed by atoms with E-state index in [1.807, 2.05) is 0 Å². The van der Waals surface area contributed by atoms with Crippen LogP contribution in [0.2, 0.25) is 0 Å². The lowest BCUT2D eigenvalue weighted by atomic mass is 10.0. The second-order valence-corrected chi connectivity index (χ2v) is 6.14. The number of hydrogen-bond donors (Lipinski definition) is 0. The number of para-hydroxylation sites is 1. The van der Waals surface area contributed by atoms with E-state index in [2.05, 4.69) is 78.6 Å². The second kappa shape index (κ2) is 4.34. The Morgan fingerprint density at radius 1 is 0.818 bits per heavy atom. The summed E-state index contributed by atoms with van der Waals surface area (Å²) in [7, 11) is 0. The number of hydrogen-bond acceptors (Lipinski definition) is 2. The minimum Gasteiger partial charge on any atom is -0.348 e. The van der Waals surface area contributed by atoms with E-state index >= 15 is 0 Å². The number of nitrogens with zero attached hydrogens (tertiary/aromatic N) is 1. The van der Waals surface area contributed by atoms with Gasteiger partial charge in [-0.3, -0.25) is 0 Å². The predicted octanol–water partition coefficient (Wildman–Crippen LogP) is 4.82. The van der Waals surface area contributed by atoms with Crippen LogP contribution in [0, 0.1) is 0 Å². The average molecular weight is 287 g/mol. The van der Waals surface area contributed by atoms with Gasteiger partial charge in [-0.05, 0) is 41.0 Å². The summed E-state index contributed by atoms with van der Waals surface area (Å²) in [5, 5.41) is 2.70. The molecule has 5 rings (SSSR count). The molecule has 0 spiro atoms. The zero-order valence-corrected chi connectivity index (χ0v) is 12.4. The number of anilines is 1. The highest BCUT2D eigenvalue weighted by atomic mass is 16.5. The Balaban J connectivity index is 1.74. The maximum Gasteiger partial charge on any atom is 0.128 e. The summed E-state index contributed by atoms with van der Waals surface area (Å²) in [5.74, 6) is 0. The summed E-state index contributed by atoms with van der Waals surface area (Å²) in [6.07, 6.45) is 0.220. The van der Waals surface area contributed by atoms with Gasteiger partial charge in [0.05, 0.1) is 6.04 Å². The molecule has 0 unspecified atom stereocenters. The summed E-state index contributed by atoms with van der Waals surface area (Å²) in [5.41, 5.74) is 3.96. The fourth-order valence-corrected chi connectivity index (χ4v) is 4.13. The van der Waals surface area contributed by atoms with Gasteiger partial charge in [0, 0.05) is 5.69 Å². The van der Waals surface area contributed by atoms with Crippen LogP contribution < -0.4 is 4.90 Å². The van der Waals surface area contributed by atoms with Crippen LogP contribution in [0.15, 0.2) is 66.7 Å². The van der Waals surface area contributed by atoms with Crippen LogP contribution in [-0.4, -0.2) is 6.23 Å². The molecule has 22 heavy (non-hydrogen) atoms. The lowest BCUT2D eigenvalue weighted by molar-refractivity contribution is 0.0544. The molecule has 2 aliphatic rings. The molecular weight excluding hydrogens is 270 g/mol. The van der Waals surface area contributed by atoms with E-state index in [1.165, 1.54) is 27.6 Å². The van der Waals surface area contributed by atoms with Crippen molar-refractivity contribution in [2.24, 2.45) is 0 Å². The zero-order valence-electron chi connectivity index (χ0n) is 12.4. The summed E-state index contributed by atoms with van der Waals surface area (Å²) in [6.45, 7) is 2.15. The molecule has 2 heteroatoms. The van der Waals surface area contributed by atoms with E-state index in [9.17, 15) is 0 Å². The van der Waals surface area contributed by atoms with Gasteiger partial charge < -0.3 is 9.64 Å². The molecule has 1 aliphatic carbocycles. The molecule has 1 aliphatic heterocycles. The molecule has 1 saturated heterocycles. The van der Waals surface area contributed by atoms with Crippen LogP contribution in [0.3, 0.4) is 0 Å². The van der Waals surface area contributed by atoms with Crippen LogP contribution in [0.5, 0.6) is 0 Å². The Labute approximate surface area is 129 Å². The third kappa shape index (κ3) is 1.48. The molecule has 0 saturated carbocycles. The third-order valence-electron chi connectivity index (χ3n) is 4.97. The molecule has 0 bridgehead atoms. The average Bonchev–Trinajstić information content (AvgIpc) is 3.05. The number of ether oxygens (including phenoxy) is 1. The molecular formula is C20H17NO. The minimum atomic E-state index is 0.0843. The Morgan fingerprint density at radius 2 is 1.55 bits per heavy atom. The first-order valence-corrected chi connectivity index (χ1v) is 7.85. The predicted molar refractivity (Wildman–Crippen MR) is 88.9 cm³/mol. The molecule has 108 valence electrons. The Kier molecular flexibility index (Phi) is 2.42. The van der Waals surface area contributed by atoms with Crippen LogP contribution in [0.4, 0.5) is 5.69 Å². The molecule has 3 atom stereocenters. The van der Waals surface area contributed by atoms with Crippen LogP contribution >= 0.6 is 0 Å². The van der Waals surface area contributed by atoms with E-state index < -0.39 is 0 Å². The first-order chi connectivity index (χ1) is 10.8. The van der Waals surface area contributed by atoms with Gasteiger partial charge in [0.25, 0.3) is 0 Å². The van der Waals surface area contributed by atoms with Gasteiger partial charge in [-0.2, -0.15) is 0 Å². The summed E-state index contributed by atoms with van der Waals surface area (Å²) >= 11 is 0. The van der Waals surface area contributed by atoms with Crippen molar-refractivity contribution < 1.29 is 4.74 Å². The Hall–Kier alpha value is -2.32. The maximum absolute atomic E-state index is 6.35. The SMILES string of the molecule is C[C@H]1O[C@H]2c3cccc4cccc(c34)[C@@H]2N1c1ccccc1. The minimum absolute atomic E-state index is 0.0843. The van der Waals surface area contributed by atoms with Crippen molar-refractivity contribution in [1.82, 2.24) is 0 Å². The van der Waals surface area contributed by atoms with Crippen molar-refractivity contribution in [3.05, 3.63) is 77.9 Å². The van der Waals surface area contributed by atoms with Gasteiger partial charge in [0.1, 0.15) is 12.3 Å². The van der Waals surface area contributed by atoms with Crippen LogP contribution in [0.1, 0.15) is 30.2 Å². The number of benzene rings is 3. The molecule has 0 radical (unpaired) electrons. The van der Waals surface area contributed by atoms with Crippen molar-refractivity contribution in [3.63, 3.8) is 0 Å². The van der Waals surface area contributed by atoms with E-state index in [0.717, 1.165) is 0 Å². The van der Waals surface area contributed by atoms with Gasteiger partial charge in [-0.1, -0.05) is 54.6 Å². The molecule has 0 aromatic heterocycles. The molecule has 2 nitrogen and oxygen atoms in total. The molecule has 1 fully saturated rings. The normalized spacial score (nSPS) is 25.7. The Morgan fingerprint density at radius 3 is 2.32 bits per heavy atom.